The highest BCUT2D eigenvalue weighted by Gasteiger charge is 2.44. The van der Waals surface area contributed by atoms with Gasteiger partial charge in [0.1, 0.15) is 5.82 Å². The number of nitrogen functional groups attached to an aromatic ring is 1. The van der Waals surface area contributed by atoms with E-state index in [0.717, 1.165) is 58.2 Å². The normalized spacial score (nSPS) is 16.4. The summed E-state index contributed by atoms with van der Waals surface area (Å²) < 4.78 is 0. The molecule has 5 rings (SSSR count). The van der Waals surface area contributed by atoms with Crippen LogP contribution in [0.4, 0.5) is 5.82 Å². The number of aromatic nitrogens is 1. The molecule has 1 saturated carbocycles. The first-order valence-electron chi connectivity index (χ1n) is 9.79. The summed E-state index contributed by atoms with van der Waals surface area (Å²) >= 11 is 0. The van der Waals surface area contributed by atoms with Crippen molar-refractivity contribution in [1.29, 1.82) is 5.26 Å². The zero-order valence-electron chi connectivity index (χ0n) is 15.9. The average Bonchev–Trinajstić information content (AvgIpc) is 3.56. The molecular formula is C24H20N4O. The average molecular weight is 380 g/mol. The molecule has 5 heteroatoms. The minimum absolute atomic E-state index is 0.0245. The van der Waals surface area contributed by atoms with Crippen LogP contribution in [0.15, 0.2) is 54.7 Å². The van der Waals surface area contributed by atoms with E-state index >= 15 is 0 Å². The van der Waals surface area contributed by atoms with E-state index in [1.807, 2.05) is 48.5 Å². The number of anilines is 1. The fourth-order valence-electron chi connectivity index (χ4n) is 4.03. The molecule has 5 nitrogen and oxygen atoms in total. The molecule has 1 amide bonds. The van der Waals surface area contributed by atoms with Gasteiger partial charge in [-0.15, -0.1) is 0 Å². The third-order valence-electron chi connectivity index (χ3n) is 5.99. The minimum atomic E-state index is -0.279. The molecule has 1 aliphatic heterocycles. The zero-order valence-corrected chi connectivity index (χ0v) is 15.9. The number of fused-ring (bicyclic) bond motifs is 1. The monoisotopic (exact) mass is 380 g/mol. The third kappa shape index (κ3) is 2.94. The number of hydrogen-bond donors (Lipinski definition) is 2. The molecule has 2 aliphatic rings. The van der Waals surface area contributed by atoms with Gasteiger partial charge >= 0.3 is 0 Å². The number of carbonyl (C=O) groups is 1. The maximum atomic E-state index is 12.0. The minimum Gasteiger partial charge on any atom is -0.383 e. The van der Waals surface area contributed by atoms with E-state index in [2.05, 4.69) is 16.4 Å². The van der Waals surface area contributed by atoms with Crippen molar-refractivity contribution in [3.8, 4) is 28.3 Å². The van der Waals surface area contributed by atoms with Gasteiger partial charge in [0.25, 0.3) is 5.91 Å². The first-order chi connectivity index (χ1) is 14.1. The van der Waals surface area contributed by atoms with Crippen molar-refractivity contribution in [1.82, 2.24) is 10.3 Å². The van der Waals surface area contributed by atoms with Crippen LogP contribution in [0.25, 0.3) is 22.3 Å². The number of benzene rings is 2. The van der Waals surface area contributed by atoms with E-state index in [0.29, 0.717) is 12.4 Å². The highest BCUT2D eigenvalue weighted by atomic mass is 16.1. The largest absolute Gasteiger partial charge is 0.383 e. The van der Waals surface area contributed by atoms with Crippen molar-refractivity contribution in [2.45, 2.75) is 24.7 Å². The van der Waals surface area contributed by atoms with E-state index in [9.17, 15) is 10.1 Å². The van der Waals surface area contributed by atoms with Crippen molar-refractivity contribution in [3.05, 3.63) is 71.4 Å². The van der Waals surface area contributed by atoms with Crippen LogP contribution in [-0.4, -0.2) is 17.4 Å². The number of carbonyl (C=O) groups excluding carboxylic acids is 1. The van der Waals surface area contributed by atoms with Gasteiger partial charge < -0.3 is 11.1 Å². The SMILES string of the molecule is N#CC1(c2ccc(-c3cnc(N)c(-c4ccc5c(c4)CCNC5=O)c3)cc2)CC1. The lowest BCUT2D eigenvalue weighted by molar-refractivity contribution is 0.0946. The fourth-order valence-corrected chi connectivity index (χ4v) is 4.03. The van der Waals surface area contributed by atoms with Crippen LogP contribution in [-0.2, 0) is 11.8 Å². The summed E-state index contributed by atoms with van der Waals surface area (Å²) in [5, 5.41) is 12.3. The molecule has 2 aromatic carbocycles. The fraction of sp³-hybridized carbons (Fsp3) is 0.208. The molecule has 2 heterocycles. The first kappa shape index (κ1) is 17.4. The van der Waals surface area contributed by atoms with Gasteiger partial charge in [-0.1, -0.05) is 36.4 Å². The standard InChI is InChI=1S/C24H20N4O/c25-14-24(8-9-24)19-4-1-15(2-5-19)18-12-21(22(26)28-13-18)16-3-6-20-17(11-16)7-10-27-23(20)29/h1-6,11-13H,7-10H2,(H2,26,28)(H,27,29). The molecule has 1 aliphatic carbocycles. The Bertz CT molecular complexity index is 1170. The smallest absolute Gasteiger partial charge is 0.251 e. The Hall–Kier alpha value is -3.65. The molecule has 142 valence electrons. The van der Waals surface area contributed by atoms with Gasteiger partial charge in [0.2, 0.25) is 0 Å². The molecule has 0 saturated heterocycles. The maximum absolute atomic E-state index is 12.0. The van der Waals surface area contributed by atoms with Gasteiger partial charge in [-0.25, -0.2) is 4.98 Å². The molecule has 1 aromatic heterocycles. The van der Waals surface area contributed by atoms with E-state index in [4.69, 9.17) is 5.73 Å². The van der Waals surface area contributed by atoms with Crippen LogP contribution in [0.2, 0.25) is 0 Å². The molecule has 1 fully saturated rings. The quantitative estimate of drug-likeness (QED) is 0.722. The lowest BCUT2D eigenvalue weighted by Gasteiger charge is -2.18. The third-order valence-corrected chi connectivity index (χ3v) is 5.99. The Balaban J connectivity index is 1.51. The van der Waals surface area contributed by atoms with Gasteiger partial charge in [0, 0.05) is 29.4 Å². The molecule has 0 spiro atoms. The first-order valence-corrected chi connectivity index (χ1v) is 9.79. The van der Waals surface area contributed by atoms with E-state index in [-0.39, 0.29) is 11.3 Å². The summed E-state index contributed by atoms with van der Waals surface area (Å²) in [7, 11) is 0. The molecule has 29 heavy (non-hydrogen) atoms. The van der Waals surface area contributed by atoms with E-state index < -0.39 is 0 Å². The molecule has 0 unspecified atom stereocenters. The van der Waals surface area contributed by atoms with Gasteiger partial charge in [0.15, 0.2) is 0 Å². The summed E-state index contributed by atoms with van der Waals surface area (Å²) in [6.45, 7) is 0.652. The van der Waals surface area contributed by atoms with E-state index in [1.54, 1.807) is 6.20 Å². The highest BCUT2D eigenvalue weighted by molar-refractivity contribution is 5.97. The van der Waals surface area contributed by atoms with Crippen molar-refractivity contribution in [3.63, 3.8) is 0 Å². The summed E-state index contributed by atoms with van der Waals surface area (Å²) in [5.74, 6) is 0.440. The Labute approximate surface area is 169 Å². The van der Waals surface area contributed by atoms with Gasteiger partial charge in [-0.3, -0.25) is 4.79 Å². The molecule has 0 radical (unpaired) electrons. The Kier molecular flexibility index (Phi) is 3.88. The Morgan fingerprint density at radius 3 is 2.48 bits per heavy atom. The predicted octanol–water partition coefficient (Wildman–Crippen LogP) is 3.84. The summed E-state index contributed by atoms with van der Waals surface area (Å²) in [6, 6.07) is 18.5. The second-order valence-corrected chi connectivity index (χ2v) is 7.81. The van der Waals surface area contributed by atoms with Crippen molar-refractivity contribution in [2.24, 2.45) is 0 Å². The highest BCUT2D eigenvalue weighted by Crippen LogP contribution is 2.47. The lowest BCUT2D eigenvalue weighted by Crippen LogP contribution is -2.31. The van der Waals surface area contributed by atoms with E-state index in [1.165, 1.54) is 0 Å². The van der Waals surface area contributed by atoms with Crippen molar-refractivity contribution >= 4 is 11.7 Å². The predicted molar refractivity (Wildman–Crippen MR) is 112 cm³/mol. The lowest BCUT2D eigenvalue weighted by atomic mass is 9.93. The molecular weight excluding hydrogens is 360 g/mol. The number of nitriles is 1. The molecule has 0 bridgehead atoms. The number of nitrogens with one attached hydrogen (secondary N) is 1. The van der Waals surface area contributed by atoms with Crippen LogP contribution in [0.5, 0.6) is 0 Å². The number of amides is 1. The van der Waals surface area contributed by atoms with Crippen LogP contribution in [0, 0.1) is 11.3 Å². The van der Waals surface area contributed by atoms with Crippen LogP contribution >= 0.6 is 0 Å². The molecule has 0 atom stereocenters. The summed E-state index contributed by atoms with van der Waals surface area (Å²) in [5.41, 5.74) is 12.6. The van der Waals surface area contributed by atoms with Crippen molar-refractivity contribution < 1.29 is 4.79 Å². The number of pyridine rings is 1. The van der Waals surface area contributed by atoms with Crippen molar-refractivity contribution in [2.75, 3.05) is 12.3 Å². The Morgan fingerprint density at radius 2 is 1.76 bits per heavy atom. The van der Waals surface area contributed by atoms with Gasteiger partial charge in [-0.2, -0.15) is 5.26 Å². The molecule has 3 aromatic rings. The second kappa shape index (κ2) is 6.46. The summed E-state index contributed by atoms with van der Waals surface area (Å²) in [6.07, 6.45) is 4.46. The number of rotatable bonds is 3. The maximum Gasteiger partial charge on any atom is 0.251 e. The second-order valence-electron chi connectivity index (χ2n) is 7.81. The number of nitrogens with zero attached hydrogens (tertiary/aromatic N) is 2. The topological polar surface area (TPSA) is 91.8 Å². The number of hydrogen-bond acceptors (Lipinski definition) is 4. The Morgan fingerprint density at radius 1 is 1.00 bits per heavy atom. The van der Waals surface area contributed by atoms with Gasteiger partial charge in [0.05, 0.1) is 11.5 Å². The van der Waals surface area contributed by atoms with Crippen LogP contribution in [0.1, 0.15) is 34.3 Å². The molecule has 3 N–H and O–H groups in total. The number of nitrogens with two attached hydrogens (primary N) is 1. The zero-order chi connectivity index (χ0) is 20.0. The van der Waals surface area contributed by atoms with Gasteiger partial charge in [-0.05, 0) is 53.6 Å². The van der Waals surface area contributed by atoms with Crippen LogP contribution < -0.4 is 11.1 Å². The summed E-state index contributed by atoms with van der Waals surface area (Å²) in [4.78, 5) is 16.4. The van der Waals surface area contributed by atoms with Crippen LogP contribution in [0.3, 0.4) is 0 Å².